The third-order valence-corrected chi connectivity index (χ3v) is 2.30. The van der Waals surface area contributed by atoms with Gasteiger partial charge < -0.3 is 10.4 Å². The lowest BCUT2D eigenvalue weighted by Gasteiger charge is -2.09. The van der Waals surface area contributed by atoms with Gasteiger partial charge in [-0.25, -0.2) is 4.79 Å². The van der Waals surface area contributed by atoms with E-state index in [9.17, 15) is 4.79 Å². The first-order valence-electron chi connectivity index (χ1n) is 3.93. The molecule has 1 aromatic heterocycles. The van der Waals surface area contributed by atoms with Gasteiger partial charge in [0.2, 0.25) is 5.13 Å². The molecule has 0 saturated carbocycles. The highest BCUT2D eigenvalue weighted by molar-refractivity contribution is 7.15. The Morgan fingerprint density at radius 1 is 1.69 bits per heavy atom. The van der Waals surface area contributed by atoms with Crippen LogP contribution in [0.3, 0.4) is 0 Å². The van der Waals surface area contributed by atoms with E-state index in [1.165, 1.54) is 11.3 Å². The minimum atomic E-state index is -0.865. The number of aliphatic carboxylic acids is 1. The number of carboxylic acid groups (broad SMARTS) is 1. The zero-order chi connectivity index (χ0) is 9.84. The first kappa shape index (κ1) is 9.91. The minimum Gasteiger partial charge on any atom is -0.480 e. The third kappa shape index (κ3) is 2.66. The molecule has 6 heteroatoms. The Morgan fingerprint density at radius 3 is 2.77 bits per heavy atom. The lowest BCUT2D eigenvalue weighted by atomic mass is 10.2. The van der Waals surface area contributed by atoms with Crippen molar-refractivity contribution < 1.29 is 9.90 Å². The minimum absolute atomic E-state index is 0.522. The van der Waals surface area contributed by atoms with Gasteiger partial charge in [0.15, 0.2) is 0 Å². The maximum Gasteiger partial charge on any atom is 0.326 e. The average Bonchev–Trinajstić information content (AvgIpc) is 2.46. The highest BCUT2D eigenvalue weighted by Crippen LogP contribution is 2.15. The number of aromatic nitrogens is 2. The molecule has 5 nitrogen and oxygen atoms in total. The van der Waals surface area contributed by atoms with Crippen LogP contribution < -0.4 is 5.32 Å². The summed E-state index contributed by atoms with van der Waals surface area (Å²) in [6.07, 6.45) is 0.522. The van der Waals surface area contributed by atoms with Crippen LogP contribution in [0.1, 0.15) is 18.4 Å². The predicted octanol–water partition coefficient (Wildman–Crippen LogP) is 1.12. The van der Waals surface area contributed by atoms with Crippen molar-refractivity contribution in [3.63, 3.8) is 0 Å². The van der Waals surface area contributed by atoms with Crippen LogP contribution in [0, 0.1) is 6.92 Å². The van der Waals surface area contributed by atoms with Gasteiger partial charge in [0.1, 0.15) is 11.0 Å². The van der Waals surface area contributed by atoms with Crippen molar-refractivity contribution in [3.8, 4) is 0 Å². The summed E-state index contributed by atoms with van der Waals surface area (Å²) in [5, 5.41) is 20.5. The summed E-state index contributed by atoms with van der Waals surface area (Å²) in [4.78, 5) is 10.6. The maximum absolute atomic E-state index is 10.6. The van der Waals surface area contributed by atoms with Crippen molar-refractivity contribution in [2.75, 3.05) is 5.32 Å². The van der Waals surface area contributed by atoms with Crippen LogP contribution in [0.2, 0.25) is 0 Å². The van der Waals surface area contributed by atoms with Gasteiger partial charge in [-0.05, 0) is 13.3 Å². The Labute approximate surface area is 79.8 Å². The number of anilines is 1. The maximum atomic E-state index is 10.6. The Hall–Kier alpha value is -1.17. The molecule has 1 rings (SSSR count). The molecule has 1 unspecified atom stereocenters. The summed E-state index contributed by atoms with van der Waals surface area (Å²) in [6, 6.07) is -0.577. The SMILES string of the molecule is CCC(Nc1nnc(C)s1)C(=O)O. The van der Waals surface area contributed by atoms with Gasteiger partial charge in [0.05, 0.1) is 0 Å². The number of rotatable bonds is 4. The zero-order valence-corrected chi connectivity index (χ0v) is 8.26. The topological polar surface area (TPSA) is 75.1 Å². The van der Waals surface area contributed by atoms with E-state index >= 15 is 0 Å². The van der Waals surface area contributed by atoms with Gasteiger partial charge in [-0.3, -0.25) is 0 Å². The number of nitrogens with one attached hydrogen (secondary N) is 1. The Kier molecular flexibility index (Phi) is 3.18. The summed E-state index contributed by atoms with van der Waals surface area (Å²) in [5.74, 6) is -0.865. The zero-order valence-electron chi connectivity index (χ0n) is 7.44. The molecule has 0 aliphatic heterocycles. The van der Waals surface area contributed by atoms with Crippen LogP contribution in [0.25, 0.3) is 0 Å². The van der Waals surface area contributed by atoms with E-state index in [1.54, 1.807) is 6.92 Å². The Balaban J connectivity index is 2.61. The van der Waals surface area contributed by atoms with Gasteiger partial charge in [-0.2, -0.15) is 0 Å². The highest BCUT2D eigenvalue weighted by Gasteiger charge is 2.15. The molecule has 0 radical (unpaired) electrons. The van der Waals surface area contributed by atoms with E-state index in [0.29, 0.717) is 11.6 Å². The molecule has 1 heterocycles. The predicted molar refractivity (Wildman–Crippen MR) is 50.0 cm³/mol. The molecule has 0 aliphatic carbocycles. The van der Waals surface area contributed by atoms with E-state index in [-0.39, 0.29) is 0 Å². The van der Waals surface area contributed by atoms with Gasteiger partial charge in [-0.15, -0.1) is 10.2 Å². The smallest absolute Gasteiger partial charge is 0.326 e. The lowest BCUT2D eigenvalue weighted by molar-refractivity contribution is -0.137. The second kappa shape index (κ2) is 4.18. The fourth-order valence-corrected chi connectivity index (χ4v) is 1.49. The van der Waals surface area contributed by atoms with E-state index in [2.05, 4.69) is 15.5 Å². The third-order valence-electron chi connectivity index (χ3n) is 1.53. The molecular formula is C7H11N3O2S. The van der Waals surface area contributed by atoms with Crippen molar-refractivity contribution in [1.29, 1.82) is 0 Å². The van der Waals surface area contributed by atoms with Crippen LogP contribution in [0.4, 0.5) is 5.13 Å². The van der Waals surface area contributed by atoms with Crippen molar-refractivity contribution in [2.45, 2.75) is 26.3 Å². The molecule has 1 aromatic rings. The first-order chi connectivity index (χ1) is 6.13. The monoisotopic (exact) mass is 201 g/mol. The van der Waals surface area contributed by atoms with E-state index < -0.39 is 12.0 Å². The fraction of sp³-hybridized carbons (Fsp3) is 0.571. The van der Waals surface area contributed by atoms with E-state index in [4.69, 9.17) is 5.11 Å². The second-order valence-electron chi connectivity index (χ2n) is 2.57. The molecule has 0 spiro atoms. The number of hydrogen-bond acceptors (Lipinski definition) is 5. The van der Waals surface area contributed by atoms with Crippen LogP contribution in [-0.4, -0.2) is 27.3 Å². The normalized spacial score (nSPS) is 12.5. The number of carbonyl (C=O) groups is 1. The largest absolute Gasteiger partial charge is 0.480 e. The summed E-state index contributed by atoms with van der Waals surface area (Å²) >= 11 is 1.35. The summed E-state index contributed by atoms with van der Waals surface area (Å²) < 4.78 is 0. The molecular weight excluding hydrogens is 190 g/mol. The Bertz CT molecular complexity index is 300. The van der Waals surface area contributed by atoms with Crippen molar-refractivity contribution in [2.24, 2.45) is 0 Å². The quantitative estimate of drug-likeness (QED) is 0.763. The molecule has 2 N–H and O–H groups in total. The molecule has 0 fully saturated rings. The van der Waals surface area contributed by atoms with Crippen LogP contribution >= 0.6 is 11.3 Å². The molecule has 13 heavy (non-hydrogen) atoms. The average molecular weight is 201 g/mol. The summed E-state index contributed by atoms with van der Waals surface area (Å²) in [5.41, 5.74) is 0. The van der Waals surface area contributed by atoms with E-state index in [0.717, 1.165) is 5.01 Å². The molecule has 0 aliphatic rings. The molecule has 72 valence electrons. The van der Waals surface area contributed by atoms with Crippen molar-refractivity contribution >= 4 is 22.4 Å². The number of aryl methyl sites for hydroxylation is 1. The van der Waals surface area contributed by atoms with Gasteiger partial charge in [0.25, 0.3) is 0 Å². The summed E-state index contributed by atoms with van der Waals surface area (Å²) in [7, 11) is 0. The fourth-order valence-electron chi connectivity index (χ4n) is 0.842. The number of carboxylic acids is 1. The summed E-state index contributed by atoms with van der Waals surface area (Å²) in [6.45, 7) is 3.63. The molecule has 0 saturated heterocycles. The van der Waals surface area contributed by atoms with Gasteiger partial charge in [0, 0.05) is 0 Å². The van der Waals surface area contributed by atoms with Crippen molar-refractivity contribution in [3.05, 3.63) is 5.01 Å². The molecule has 0 aromatic carbocycles. The second-order valence-corrected chi connectivity index (χ2v) is 3.75. The number of hydrogen-bond donors (Lipinski definition) is 2. The highest BCUT2D eigenvalue weighted by atomic mass is 32.1. The van der Waals surface area contributed by atoms with Crippen LogP contribution in [0.15, 0.2) is 0 Å². The number of nitrogens with zero attached hydrogens (tertiary/aromatic N) is 2. The van der Waals surface area contributed by atoms with Crippen LogP contribution in [0.5, 0.6) is 0 Å². The van der Waals surface area contributed by atoms with Gasteiger partial charge >= 0.3 is 5.97 Å². The first-order valence-corrected chi connectivity index (χ1v) is 4.74. The standard InChI is InChI=1S/C7H11N3O2S/c1-3-5(6(11)12)8-7-10-9-4(2)13-7/h5H,3H2,1-2H3,(H,8,10)(H,11,12). The molecule has 0 amide bonds. The Morgan fingerprint density at radius 2 is 2.38 bits per heavy atom. The van der Waals surface area contributed by atoms with Crippen LogP contribution in [-0.2, 0) is 4.79 Å². The van der Waals surface area contributed by atoms with Gasteiger partial charge in [-0.1, -0.05) is 18.3 Å². The molecule has 0 bridgehead atoms. The lowest BCUT2D eigenvalue weighted by Crippen LogP contribution is -2.28. The van der Waals surface area contributed by atoms with E-state index in [1.807, 2.05) is 6.92 Å². The molecule has 1 atom stereocenters. The van der Waals surface area contributed by atoms with Crippen molar-refractivity contribution in [1.82, 2.24) is 10.2 Å².